The van der Waals surface area contributed by atoms with Gasteiger partial charge in [-0.3, -0.25) is 0 Å². The van der Waals surface area contributed by atoms with Gasteiger partial charge in [-0.15, -0.1) is 93.9 Å². The molecule has 6 heteroatoms. The Kier molecular flexibility index (Phi) is 13.0. The SMILES string of the molecule is C[Si](C)=[Hf+2].Cc1cc2c(N3CCCc4ccccc43)cccc2[cH-]1.Cc1cc2c(N3CCCc4ccccc43)cccc2[cH-]1.Cl.Cl. The van der Waals surface area contributed by atoms with Gasteiger partial charge in [0.1, 0.15) is 0 Å². The second-order valence-corrected chi connectivity index (χ2v) is 25.2. The fourth-order valence-corrected chi connectivity index (χ4v) is 6.77. The van der Waals surface area contributed by atoms with E-state index in [1.54, 1.807) is 0 Å². The number of benzene rings is 4. The normalized spacial score (nSPS) is 13.3. The van der Waals surface area contributed by atoms with Gasteiger partial charge in [-0.1, -0.05) is 62.4 Å². The Morgan fingerprint density at radius 3 is 1.35 bits per heavy atom. The molecule has 6 aromatic carbocycles. The van der Waals surface area contributed by atoms with E-state index < -0.39 is 0 Å². The van der Waals surface area contributed by atoms with Gasteiger partial charge in [0.05, 0.1) is 0 Å². The van der Waals surface area contributed by atoms with Crippen LogP contribution >= 0.6 is 24.8 Å². The predicted molar refractivity (Wildman–Crippen MR) is 204 cm³/mol. The van der Waals surface area contributed by atoms with E-state index in [1.165, 1.54) is 115 Å². The van der Waals surface area contributed by atoms with Crippen molar-refractivity contribution in [3.63, 3.8) is 0 Å². The third-order valence-electron chi connectivity index (χ3n) is 8.55. The zero-order valence-corrected chi connectivity index (χ0v) is 33.6. The van der Waals surface area contributed by atoms with Crippen molar-refractivity contribution in [2.45, 2.75) is 52.6 Å². The van der Waals surface area contributed by atoms with Crippen molar-refractivity contribution in [2.24, 2.45) is 0 Å². The smallest absolute Gasteiger partial charge is 0.0436 e. The molecule has 2 aliphatic heterocycles. The summed E-state index contributed by atoms with van der Waals surface area (Å²) >= 11 is 1.45. The van der Waals surface area contributed by atoms with Crippen molar-refractivity contribution in [3.8, 4) is 0 Å². The molecule has 236 valence electrons. The van der Waals surface area contributed by atoms with Gasteiger partial charge in [0.2, 0.25) is 0 Å². The van der Waals surface area contributed by atoms with Crippen LogP contribution in [0.15, 0.2) is 109 Å². The van der Waals surface area contributed by atoms with Crippen LogP contribution in [0.25, 0.3) is 21.5 Å². The van der Waals surface area contributed by atoms with Crippen molar-refractivity contribution in [1.82, 2.24) is 0 Å². The standard InChI is InChI=1S/2C19H18N.C2H6Si.2ClH.Hf/c2*1-14-12-16-7-4-10-19(17(16)13-14)20-11-5-8-15-6-2-3-9-18(15)20;1-3-2;;;/h2*2-4,6-7,9-10,12-13H,5,8,11H2,1H3;1-2H3;2*1H;/q2*-1;;;;+2. The molecule has 2 heterocycles. The Labute approximate surface area is 302 Å². The molecular formula is C40H44Cl2HfN2Si. The molecule has 0 spiro atoms. The van der Waals surface area contributed by atoms with Crippen LogP contribution in [0.3, 0.4) is 0 Å². The molecule has 0 fully saturated rings. The van der Waals surface area contributed by atoms with Gasteiger partial charge in [-0.25, -0.2) is 0 Å². The number of nitrogens with zero attached hydrogens (tertiary/aromatic N) is 2. The summed E-state index contributed by atoms with van der Waals surface area (Å²) in [5.74, 6) is 0. The molecule has 46 heavy (non-hydrogen) atoms. The van der Waals surface area contributed by atoms with Crippen molar-refractivity contribution in [1.29, 1.82) is 0 Å². The molecular weight excluding hydrogens is 786 g/mol. The number of hydrogen-bond donors (Lipinski definition) is 0. The number of hydrogen-bond acceptors (Lipinski definition) is 2. The Balaban J connectivity index is 0.000000180. The van der Waals surface area contributed by atoms with Crippen LogP contribution in [0.1, 0.15) is 35.1 Å². The summed E-state index contributed by atoms with van der Waals surface area (Å²) in [6, 6.07) is 40.1. The minimum Gasteiger partial charge on any atom is -0.350 e. The van der Waals surface area contributed by atoms with Gasteiger partial charge in [0.25, 0.3) is 0 Å². The first-order valence-electron chi connectivity index (χ1n) is 15.9. The fourth-order valence-electron chi connectivity index (χ4n) is 6.77. The summed E-state index contributed by atoms with van der Waals surface area (Å²) in [6.45, 7) is 11.2. The monoisotopic (exact) mass is 830 g/mol. The van der Waals surface area contributed by atoms with E-state index >= 15 is 0 Å². The summed E-state index contributed by atoms with van der Waals surface area (Å²) in [7, 11) is 0. The largest absolute Gasteiger partial charge is 0.350 e. The first-order chi connectivity index (χ1) is 21.4. The third-order valence-corrected chi connectivity index (χ3v) is 8.55. The second kappa shape index (κ2) is 16.5. The molecule has 6 aromatic rings. The van der Waals surface area contributed by atoms with Gasteiger partial charge in [-0.05, 0) is 60.3 Å². The molecule has 2 aliphatic rings. The number of para-hydroxylation sites is 2. The maximum Gasteiger partial charge on any atom is 0.0436 e. The Hall–Kier alpha value is -2.63. The minimum absolute atomic E-state index is 0. The number of aryl methyl sites for hydroxylation is 4. The van der Waals surface area contributed by atoms with Crippen molar-refractivity contribution < 1.29 is 23.0 Å². The third kappa shape index (κ3) is 8.07. The summed E-state index contributed by atoms with van der Waals surface area (Å²) in [5.41, 5.74) is 11.4. The molecule has 0 radical (unpaired) electrons. The van der Waals surface area contributed by atoms with E-state index in [4.69, 9.17) is 0 Å². The average molecular weight is 830 g/mol. The van der Waals surface area contributed by atoms with Crippen molar-refractivity contribution in [3.05, 3.63) is 131 Å². The second-order valence-electron chi connectivity index (χ2n) is 12.4. The Morgan fingerprint density at radius 2 is 0.935 bits per heavy atom. The Bertz CT molecular complexity index is 1790. The van der Waals surface area contributed by atoms with E-state index in [2.05, 4.69) is 146 Å². The van der Waals surface area contributed by atoms with Crippen LogP contribution in [0.5, 0.6) is 0 Å². The topological polar surface area (TPSA) is 6.48 Å². The van der Waals surface area contributed by atoms with Crippen LogP contribution in [-0.4, -0.2) is 18.6 Å². The van der Waals surface area contributed by atoms with Crippen LogP contribution in [0, 0.1) is 13.8 Å². The molecule has 2 nitrogen and oxygen atoms in total. The van der Waals surface area contributed by atoms with Gasteiger partial charge < -0.3 is 9.80 Å². The summed E-state index contributed by atoms with van der Waals surface area (Å²) < 4.78 is 0. The fraction of sp³-hybridized carbons (Fsp3) is 0.250. The van der Waals surface area contributed by atoms with Gasteiger partial charge >= 0.3 is 41.6 Å². The summed E-state index contributed by atoms with van der Waals surface area (Å²) in [6.07, 6.45) is 4.85. The number of anilines is 4. The molecule has 0 amide bonds. The van der Waals surface area contributed by atoms with Gasteiger partial charge in [0.15, 0.2) is 0 Å². The molecule has 0 saturated heterocycles. The van der Waals surface area contributed by atoms with Crippen LogP contribution < -0.4 is 9.80 Å². The number of rotatable bonds is 2. The summed E-state index contributed by atoms with van der Waals surface area (Å²) in [5, 5.41) is 5.45. The molecule has 0 aliphatic carbocycles. The molecule has 0 saturated carbocycles. The van der Waals surface area contributed by atoms with Crippen LogP contribution in [0.2, 0.25) is 13.1 Å². The maximum absolute atomic E-state index is 2.49. The van der Waals surface area contributed by atoms with Gasteiger partial charge in [0, 0.05) is 24.5 Å². The molecule has 8 rings (SSSR count). The summed E-state index contributed by atoms with van der Waals surface area (Å²) in [4.78, 5) is 4.97. The minimum atomic E-state index is 0. The van der Waals surface area contributed by atoms with E-state index in [0.717, 1.165) is 13.1 Å². The van der Waals surface area contributed by atoms with E-state index in [0.29, 0.717) is 0 Å². The van der Waals surface area contributed by atoms with Crippen LogP contribution in [0.4, 0.5) is 22.7 Å². The maximum atomic E-state index is 2.49. The predicted octanol–water partition coefficient (Wildman–Crippen LogP) is 11.5. The van der Waals surface area contributed by atoms with E-state index in [1.807, 2.05) is 0 Å². The molecule has 0 aromatic heterocycles. The zero-order valence-electron chi connectivity index (χ0n) is 27.3. The first-order valence-corrected chi connectivity index (χ1v) is 23.8. The van der Waals surface area contributed by atoms with Crippen LogP contribution in [-0.2, 0) is 35.8 Å². The van der Waals surface area contributed by atoms with E-state index in [9.17, 15) is 0 Å². The van der Waals surface area contributed by atoms with Crippen molar-refractivity contribution >= 4 is 74.6 Å². The average Bonchev–Trinajstić information content (AvgIpc) is 3.61. The molecule has 0 bridgehead atoms. The number of halogens is 2. The zero-order chi connectivity index (χ0) is 30.6. The molecule has 0 atom stereocenters. The quantitative estimate of drug-likeness (QED) is 0.127. The van der Waals surface area contributed by atoms with Gasteiger partial charge in [-0.2, -0.15) is 12.1 Å². The molecule has 0 unspecified atom stereocenters. The molecule has 0 N–H and O–H groups in total. The Morgan fingerprint density at radius 1 is 0.565 bits per heavy atom. The van der Waals surface area contributed by atoms with E-state index in [-0.39, 0.29) is 30.3 Å². The van der Waals surface area contributed by atoms with Crippen molar-refractivity contribution in [2.75, 3.05) is 22.9 Å². The first kappa shape index (κ1) is 36.2. The number of fused-ring (bicyclic) bond motifs is 4.